The summed E-state index contributed by atoms with van der Waals surface area (Å²) in [5.41, 5.74) is 2.77. The first-order chi connectivity index (χ1) is 14.8. The van der Waals surface area contributed by atoms with Gasteiger partial charge in [-0.15, -0.1) is 0 Å². The third-order valence-electron chi connectivity index (χ3n) is 4.61. The van der Waals surface area contributed by atoms with Crippen LogP contribution in [0.3, 0.4) is 0 Å². The third kappa shape index (κ3) is 6.57. The molecule has 0 unspecified atom stereocenters. The SMILES string of the molecule is CCN(CC)c1cc(C)nc(Nc2ccc(NS(=O)(=O)Cc3ccc(Cl)cc3)cc2)n1. The first-order valence-corrected chi connectivity index (χ1v) is 12.0. The average molecular weight is 460 g/mol. The maximum atomic E-state index is 12.4. The fraction of sp³-hybridized carbons (Fsp3) is 0.273. The van der Waals surface area contributed by atoms with Crippen LogP contribution in [0.1, 0.15) is 25.1 Å². The molecule has 0 spiro atoms. The molecule has 164 valence electrons. The van der Waals surface area contributed by atoms with Crippen molar-refractivity contribution in [2.75, 3.05) is 28.0 Å². The number of aromatic nitrogens is 2. The third-order valence-corrected chi connectivity index (χ3v) is 6.12. The van der Waals surface area contributed by atoms with Crippen molar-refractivity contribution in [2.45, 2.75) is 26.5 Å². The van der Waals surface area contributed by atoms with E-state index >= 15 is 0 Å². The molecular formula is C22H26ClN5O2S. The standard InChI is InChI=1S/C22H26ClN5O2S/c1-4-28(5-2)21-14-16(3)24-22(26-21)25-19-10-12-20(13-11-19)27-31(29,30)15-17-6-8-18(23)9-7-17/h6-14,27H,4-5,15H2,1-3H3,(H,24,25,26). The number of anilines is 4. The van der Waals surface area contributed by atoms with Crippen molar-refractivity contribution in [3.63, 3.8) is 0 Å². The summed E-state index contributed by atoms with van der Waals surface area (Å²) < 4.78 is 27.5. The first kappa shape index (κ1) is 22.8. The van der Waals surface area contributed by atoms with Crippen LogP contribution in [0, 0.1) is 6.92 Å². The van der Waals surface area contributed by atoms with E-state index in [0.29, 0.717) is 22.2 Å². The van der Waals surface area contributed by atoms with E-state index in [9.17, 15) is 8.42 Å². The van der Waals surface area contributed by atoms with Gasteiger partial charge in [-0.3, -0.25) is 4.72 Å². The van der Waals surface area contributed by atoms with Crippen molar-refractivity contribution in [3.8, 4) is 0 Å². The second kappa shape index (κ2) is 9.98. The number of aryl methyl sites for hydroxylation is 1. The van der Waals surface area contributed by atoms with Gasteiger partial charge in [-0.25, -0.2) is 13.4 Å². The highest BCUT2D eigenvalue weighted by atomic mass is 35.5. The van der Waals surface area contributed by atoms with Crippen LogP contribution in [0.25, 0.3) is 0 Å². The molecule has 2 aromatic carbocycles. The quantitative estimate of drug-likeness (QED) is 0.469. The molecule has 0 bridgehead atoms. The van der Waals surface area contributed by atoms with Gasteiger partial charge in [0, 0.05) is 41.2 Å². The van der Waals surface area contributed by atoms with Crippen LogP contribution in [-0.2, 0) is 15.8 Å². The van der Waals surface area contributed by atoms with E-state index < -0.39 is 10.0 Å². The van der Waals surface area contributed by atoms with Crippen LogP contribution in [-0.4, -0.2) is 31.5 Å². The predicted octanol–water partition coefficient (Wildman–Crippen LogP) is 4.97. The Hall–Kier alpha value is -2.84. The molecule has 0 saturated carbocycles. The smallest absolute Gasteiger partial charge is 0.236 e. The number of hydrogen-bond donors (Lipinski definition) is 2. The summed E-state index contributed by atoms with van der Waals surface area (Å²) in [5, 5.41) is 3.75. The van der Waals surface area contributed by atoms with Gasteiger partial charge < -0.3 is 10.2 Å². The normalized spacial score (nSPS) is 11.2. The Bertz CT molecular complexity index is 1120. The number of hydrogen-bond acceptors (Lipinski definition) is 6. The lowest BCUT2D eigenvalue weighted by Crippen LogP contribution is -2.23. The van der Waals surface area contributed by atoms with Crippen LogP contribution < -0.4 is 14.9 Å². The molecule has 0 aliphatic rings. The zero-order valence-corrected chi connectivity index (χ0v) is 19.3. The Labute approximate surface area is 188 Å². The molecule has 9 heteroatoms. The molecule has 3 aromatic rings. The molecule has 31 heavy (non-hydrogen) atoms. The Balaban J connectivity index is 1.68. The topological polar surface area (TPSA) is 87.2 Å². The number of nitrogens with zero attached hydrogens (tertiary/aromatic N) is 3. The lowest BCUT2D eigenvalue weighted by atomic mass is 10.2. The van der Waals surface area contributed by atoms with Crippen molar-refractivity contribution in [3.05, 3.63) is 70.9 Å². The molecular weight excluding hydrogens is 434 g/mol. The molecule has 0 amide bonds. The highest BCUT2D eigenvalue weighted by molar-refractivity contribution is 7.91. The minimum atomic E-state index is -3.54. The van der Waals surface area contributed by atoms with Gasteiger partial charge in [0.25, 0.3) is 0 Å². The van der Waals surface area contributed by atoms with E-state index in [0.717, 1.165) is 30.3 Å². The lowest BCUT2D eigenvalue weighted by molar-refractivity contribution is 0.600. The fourth-order valence-electron chi connectivity index (χ4n) is 3.08. The Morgan fingerprint density at radius 2 is 1.55 bits per heavy atom. The van der Waals surface area contributed by atoms with Gasteiger partial charge in [0.2, 0.25) is 16.0 Å². The van der Waals surface area contributed by atoms with Gasteiger partial charge in [0.05, 0.1) is 5.75 Å². The maximum absolute atomic E-state index is 12.4. The summed E-state index contributed by atoms with van der Waals surface area (Å²) in [6.07, 6.45) is 0. The number of nitrogens with one attached hydrogen (secondary N) is 2. The van der Waals surface area contributed by atoms with Gasteiger partial charge in [-0.2, -0.15) is 4.98 Å². The molecule has 7 nitrogen and oxygen atoms in total. The molecule has 2 N–H and O–H groups in total. The summed E-state index contributed by atoms with van der Waals surface area (Å²) in [7, 11) is -3.54. The highest BCUT2D eigenvalue weighted by Gasteiger charge is 2.12. The number of rotatable bonds is 9. The Morgan fingerprint density at radius 3 is 2.16 bits per heavy atom. The molecule has 0 atom stereocenters. The number of sulfonamides is 1. The largest absolute Gasteiger partial charge is 0.357 e. The zero-order chi connectivity index (χ0) is 22.4. The Kier molecular flexibility index (Phi) is 7.35. The minimum absolute atomic E-state index is 0.130. The van der Waals surface area contributed by atoms with Crippen molar-refractivity contribution >= 4 is 44.8 Å². The van der Waals surface area contributed by atoms with Crippen molar-refractivity contribution in [1.82, 2.24) is 9.97 Å². The first-order valence-electron chi connectivity index (χ1n) is 10.0. The van der Waals surface area contributed by atoms with E-state index in [2.05, 4.69) is 38.8 Å². The summed E-state index contributed by atoms with van der Waals surface area (Å²) in [6, 6.07) is 15.7. The maximum Gasteiger partial charge on any atom is 0.236 e. The summed E-state index contributed by atoms with van der Waals surface area (Å²) in [4.78, 5) is 11.2. The van der Waals surface area contributed by atoms with Gasteiger partial charge >= 0.3 is 0 Å². The number of halogens is 1. The van der Waals surface area contributed by atoms with E-state index in [1.54, 1.807) is 48.5 Å². The zero-order valence-electron chi connectivity index (χ0n) is 17.8. The molecule has 0 saturated heterocycles. The minimum Gasteiger partial charge on any atom is -0.357 e. The van der Waals surface area contributed by atoms with Crippen molar-refractivity contribution in [1.29, 1.82) is 0 Å². The van der Waals surface area contributed by atoms with E-state index in [-0.39, 0.29) is 5.75 Å². The van der Waals surface area contributed by atoms with E-state index in [1.165, 1.54) is 0 Å². The summed E-state index contributed by atoms with van der Waals surface area (Å²) in [5.74, 6) is 1.24. The van der Waals surface area contributed by atoms with Crippen molar-refractivity contribution in [2.24, 2.45) is 0 Å². The van der Waals surface area contributed by atoms with Gasteiger partial charge in [-0.1, -0.05) is 23.7 Å². The molecule has 0 aliphatic heterocycles. The van der Waals surface area contributed by atoms with Crippen LogP contribution >= 0.6 is 11.6 Å². The molecule has 0 aliphatic carbocycles. The second-order valence-electron chi connectivity index (χ2n) is 7.05. The predicted molar refractivity (Wildman–Crippen MR) is 128 cm³/mol. The summed E-state index contributed by atoms with van der Waals surface area (Å²) in [6.45, 7) is 7.81. The van der Waals surface area contributed by atoms with Gasteiger partial charge in [0.15, 0.2) is 0 Å². The molecule has 1 heterocycles. The van der Waals surface area contributed by atoms with Gasteiger partial charge in [-0.05, 0) is 62.7 Å². The van der Waals surface area contributed by atoms with Crippen molar-refractivity contribution < 1.29 is 8.42 Å². The molecule has 1 aromatic heterocycles. The highest BCUT2D eigenvalue weighted by Crippen LogP contribution is 2.21. The lowest BCUT2D eigenvalue weighted by Gasteiger charge is -2.20. The van der Waals surface area contributed by atoms with Gasteiger partial charge in [0.1, 0.15) is 5.82 Å². The van der Waals surface area contributed by atoms with Crippen LogP contribution in [0.5, 0.6) is 0 Å². The molecule has 3 rings (SSSR count). The summed E-state index contributed by atoms with van der Waals surface area (Å²) >= 11 is 5.85. The van der Waals surface area contributed by atoms with Crippen LogP contribution in [0.2, 0.25) is 5.02 Å². The molecule has 0 fully saturated rings. The van der Waals surface area contributed by atoms with Crippen LogP contribution in [0.4, 0.5) is 23.1 Å². The molecule has 0 radical (unpaired) electrons. The van der Waals surface area contributed by atoms with Crippen LogP contribution in [0.15, 0.2) is 54.6 Å². The number of benzene rings is 2. The van der Waals surface area contributed by atoms with E-state index in [1.807, 2.05) is 13.0 Å². The van der Waals surface area contributed by atoms with E-state index in [4.69, 9.17) is 11.6 Å². The second-order valence-corrected chi connectivity index (χ2v) is 9.21. The Morgan fingerprint density at radius 1 is 0.935 bits per heavy atom. The fourth-order valence-corrected chi connectivity index (χ4v) is 4.41. The average Bonchev–Trinajstić information content (AvgIpc) is 2.71. The monoisotopic (exact) mass is 459 g/mol.